The van der Waals surface area contributed by atoms with Gasteiger partial charge in [0.25, 0.3) is 5.91 Å². The lowest BCUT2D eigenvalue weighted by Crippen LogP contribution is -2.50. The summed E-state index contributed by atoms with van der Waals surface area (Å²) >= 11 is 12.2. The number of benzene rings is 2. The van der Waals surface area contributed by atoms with Crippen LogP contribution in [0.1, 0.15) is 29.8 Å². The minimum Gasteiger partial charge on any atom is -0.493 e. The second-order valence-electron chi connectivity index (χ2n) is 7.78. The van der Waals surface area contributed by atoms with Gasteiger partial charge in [-0.25, -0.2) is 4.39 Å². The molecule has 33 heavy (non-hydrogen) atoms. The standard InChI is InChI=1S/C24H25Cl2FN2O4/c1-15(2)33-23-19(26)12-16(13-21(23)32-3)4-7-22(30)28-8-10-29(11-9-28)24(31)18-14-17(25)5-6-20(18)27/h4-7,12-15H,8-11H2,1-3H3/b7-4+. The molecule has 3 rings (SSSR count). The van der Waals surface area contributed by atoms with Crippen molar-refractivity contribution in [1.82, 2.24) is 9.80 Å². The number of halogens is 3. The van der Waals surface area contributed by atoms with Crippen molar-refractivity contribution in [2.75, 3.05) is 33.3 Å². The molecule has 1 fully saturated rings. The molecule has 1 aliphatic heterocycles. The third-order valence-electron chi connectivity index (χ3n) is 5.06. The number of piperazine rings is 1. The van der Waals surface area contributed by atoms with Crippen molar-refractivity contribution in [3.05, 3.63) is 63.4 Å². The molecule has 1 heterocycles. The van der Waals surface area contributed by atoms with Crippen LogP contribution in [-0.2, 0) is 4.79 Å². The van der Waals surface area contributed by atoms with Crippen LogP contribution in [0.25, 0.3) is 6.08 Å². The number of hydrogen-bond donors (Lipinski definition) is 0. The maximum Gasteiger partial charge on any atom is 0.257 e. The summed E-state index contributed by atoms with van der Waals surface area (Å²) in [6.07, 6.45) is 3.03. The normalized spacial score (nSPS) is 14.2. The molecule has 0 unspecified atom stereocenters. The van der Waals surface area contributed by atoms with Crippen molar-refractivity contribution < 1.29 is 23.5 Å². The second-order valence-corrected chi connectivity index (χ2v) is 8.62. The molecular formula is C24H25Cl2FN2O4. The van der Waals surface area contributed by atoms with E-state index in [1.807, 2.05) is 13.8 Å². The molecule has 0 N–H and O–H groups in total. The molecule has 1 saturated heterocycles. The Bertz CT molecular complexity index is 1070. The van der Waals surface area contributed by atoms with Gasteiger partial charge in [-0.2, -0.15) is 0 Å². The van der Waals surface area contributed by atoms with E-state index in [1.54, 1.807) is 23.1 Å². The average molecular weight is 495 g/mol. The maximum absolute atomic E-state index is 14.0. The zero-order valence-electron chi connectivity index (χ0n) is 18.6. The molecule has 0 aromatic heterocycles. The third-order valence-corrected chi connectivity index (χ3v) is 5.58. The van der Waals surface area contributed by atoms with Crippen LogP contribution in [0.15, 0.2) is 36.4 Å². The quantitative estimate of drug-likeness (QED) is 0.534. The number of ether oxygens (including phenoxy) is 2. The Balaban J connectivity index is 1.63. The summed E-state index contributed by atoms with van der Waals surface area (Å²) in [7, 11) is 1.52. The number of methoxy groups -OCH3 is 1. The Labute approximate surface area is 202 Å². The van der Waals surface area contributed by atoms with Crippen molar-refractivity contribution in [2.45, 2.75) is 20.0 Å². The van der Waals surface area contributed by atoms with Gasteiger partial charge in [-0.1, -0.05) is 23.2 Å². The van der Waals surface area contributed by atoms with Gasteiger partial charge in [0.2, 0.25) is 5.91 Å². The van der Waals surface area contributed by atoms with Crippen molar-refractivity contribution in [2.24, 2.45) is 0 Å². The molecule has 1 aliphatic rings. The first-order chi connectivity index (χ1) is 15.7. The summed E-state index contributed by atoms with van der Waals surface area (Å²) in [5, 5.41) is 0.676. The van der Waals surface area contributed by atoms with E-state index in [2.05, 4.69) is 0 Å². The summed E-state index contributed by atoms with van der Waals surface area (Å²) in [6.45, 7) is 5.04. The first-order valence-electron chi connectivity index (χ1n) is 10.4. The Kier molecular flexibility index (Phi) is 8.21. The van der Waals surface area contributed by atoms with Crippen LogP contribution in [0.4, 0.5) is 4.39 Å². The molecule has 9 heteroatoms. The van der Waals surface area contributed by atoms with E-state index in [9.17, 15) is 14.0 Å². The van der Waals surface area contributed by atoms with Crippen LogP contribution in [-0.4, -0.2) is 61.0 Å². The zero-order valence-corrected chi connectivity index (χ0v) is 20.1. The molecule has 176 valence electrons. The molecule has 0 radical (unpaired) electrons. The third kappa shape index (κ3) is 6.18. The van der Waals surface area contributed by atoms with Gasteiger partial charge in [-0.05, 0) is 55.8 Å². The lowest BCUT2D eigenvalue weighted by molar-refractivity contribution is -0.127. The molecule has 0 aliphatic carbocycles. The number of carbonyl (C=O) groups excluding carboxylic acids is 2. The second kappa shape index (κ2) is 10.9. The molecule has 2 amide bonds. The van der Waals surface area contributed by atoms with Crippen molar-refractivity contribution in [3.63, 3.8) is 0 Å². The summed E-state index contributed by atoms with van der Waals surface area (Å²) in [5.41, 5.74) is 0.615. The summed E-state index contributed by atoms with van der Waals surface area (Å²) in [4.78, 5) is 28.4. The largest absolute Gasteiger partial charge is 0.493 e. The van der Waals surface area contributed by atoms with Gasteiger partial charge in [0.1, 0.15) is 5.82 Å². The number of nitrogens with zero attached hydrogens (tertiary/aromatic N) is 2. The highest BCUT2D eigenvalue weighted by atomic mass is 35.5. The summed E-state index contributed by atoms with van der Waals surface area (Å²) < 4.78 is 25.1. The molecule has 0 spiro atoms. The van der Waals surface area contributed by atoms with E-state index in [0.717, 1.165) is 0 Å². The fraction of sp³-hybridized carbons (Fsp3) is 0.333. The van der Waals surface area contributed by atoms with Crippen LogP contribution in [0.3, 0.4) is 0 Å². The number of amides is 2. The average Bonchev–Trinajstić information content (AvgIpc) is 2.79. The highest BCUT2D eigenvalue weighted by Gasteiger charge is 2.25. The first-order valence-corrected chi connectivity index (χ1v) is 11.2. The minimum atomic E-state index is -0.621. The van der Waals surface area contributed by atoms with Crippen molar-refractivity contribution in [1.29, 1.82) is 0 Å². The molecule has 0 bridgehead atoms. The van der Waals surface area contributed by atoms with Gasteiger partial charge in [0.15, 0.2) is 11.5 Å². The van der Waals surface area contributed by atoms with E-state index < -0.39 is 11.7 Å². The highest BCUT2D eigenvalue weighted by Crippen LogP contribution is 2.37. The molecule has 6 nitrogen and oxygen atoms in total. The predicted octanol–water partition coefficient (Wildman–Crippen LogP) is 4.93. The Morgan fingerprint density at radius 2 is 1.73 bits per heavy atom. The van der Waals surface area contributed by atoms with E-state index >= 15 is 0 Å². The smallest absolute Gasteiger partial charge is 0.257 e. The van der Waals surface area contributed by atoms with E-state index in [0.29, 0.717) is 53.3 Å². The fourth-order valence-corrected chi connectivity index (χ4v) is 3.86. The Morgan fingerprint density at radius 3 is 2.36 bits per heavy atom. The minimum absolute atomic E-state index is 0.0692. The maximum atomic E-state index is 14.0. The van der Waals surface area contributed by atoms with Gasteiger partial charge < -0.3 is 19.3 Å². The van der Waals surface area contributed by atoms with Crippen molar-refractivity contribution >= 4 is 41.1 Å². The highest BCUT2D eigenvalue weighted by molar-refractivity contribution is 6.32. The topological polar surface area (TPSA) is 59.1 Å². The Hall–Kier alpha value is -2.77. The lowest BCUT2D eigenvalue weighted by Gasteiger charge is -2.34. The van der Waals surface area contributed by atoms with Crippen LogP contribution in [0.2, 0.25) is 10.0 Å². The van der Waals surface area contributed by atoms with Gasteiger partial charge in [0.05, 0.1) is 23.8 Å². The predicted molar refractivity (Wildman–Crippen MR) is 127 cm³/mol. The van der Waals surface area contributed by atoms with Crippen LogP contribution in [0.5, 0.6) is 11.5 Å². The van der Waals surface area contributed by atoms with E-state index in [1.165, 1.54) is 36.3 Å². The van der Waals surface area contributed by atoms with Gasteiger partial charge in [-0.15, -0.1) is 0 Å². The van der Waals surface area contributed by atoms with Crippen LogP contribution >= 0.6 is 23.2 Å². The van der Waals surface area contributed by atoms with E-state index in [4.69, 9.17) is 32.7 Å². The van der Waals surface area contributed by atoms with Crippen LogP contribution in [0, 0.1) is 5.82 Å². The lowest BCUT2D eigenvalue weighted by atomic mass is 10.1. The monoisotopic (exact) mass is 494 g/mol. The Morgan fingerprint density at radius 1 is 1.06 bits per heavy atom. The van der Waals surface area contributed by atoms with Gasteiger partial charge in [-0.3, -0.25) is 9.59 Å². The molecule has 2 aromatic carbocycles. The molecular weight excluding hydrogens is 470 g/mol. The number of hydrogen-bond acceptors (Lipinski definition) is 4. The summed E-state index contributed by atoms with van der Waals surface area (Å²) in [5.74, 6) is -0.334. The van der Waals surface area contributed by atoms with Crippen LogP contribution < -0.4 is 9.47 Å². The first kappa shape index (κ1) is 24.9. The summed E-state index contributed by atoms with van der Waals surface area (Å²) in [6, 6.07) is 7.31. The molecule has 0 atom stereocenters. The molecule has 0 saturated carbocycles. The van der Waals surface area contributed by atoms with Gasteiger partial charge >= 0.3 is 0 Å². The zero-order chi connectivity index (χ0) is 24.1. The fourth-order valence-electron chi connectivity index (χ4n) is 3.42. The number of rotatable bonds is 6. The van der Waals surface area contributed by atoms with Crippen molar-refractivity contribution in [3.8, 4) is 11.5 Å². The van der Waals surface area contributed by atoms with E-state index in [-0.39, 0.29) is 17.6 Å². The number of carbonyl (C=O) groups is 2. The SMILES string of the molecule is COc1cc(/C=C/C(=O)N2CCN(C(=O)c3cc(Cl)ccc3F)CC2)cc(Cl)c1OC(C)C. The molecule has 2 aromatic rings. The van der Waals surface area contributed by atoms with Gasteiger partial charge in [0, 0.05) is 37.3 Å².